The smallest absolute Gasteiger partial charge is 0.230 e. The molecule has 128 valence electrons. The lowest BCUT2D eigenvalue weighted by molar-refractivity contribution is -0.117. The van der Waals surface area contributed by atoms with Crippen molar-refractivity contribution in [2.75, 3.05) is 6.61 Å². The van der Waals surface area contributed by atoms with E-state index in [0.717, 1.165) is 25.0 Å². The van der Waals surface area contributed by atoms with Crippen molar-refractivity contribution in [1.82, 2.24) is 14.8 Å². The van der Waals surface area contributed by atoms with Gasteiger partial charge in [0.05, 0.1) is 17.9 Å². The molecular formula is C16H19FN4O2S. The zero-order valence-electron chi connectivity index (χ0n) is 13.3. The fourth-order valence-electron chi connectivity index (χ4n) is 2.56. The molecule has 1 amide bonds. The summed E-state index contributed by atoms with van der Waals surface area (Å²) < 4.78 is 20.8. The first-order chi connectivity index (χ1) is 11.5. The van der Waals surface area contributed by atoms with Crippen molar-refractivity contribution in [3.8, 4) is 11.4 Å². The van der Waals surface area contributed by atoms with Gasteiger partial charge in [-0.2, -0.15) is 0 Å². The normalized spacial score (nSPS) is 18.7. The Kier molecular flexibility index (Phi) is 5.15. The SMILES string of the molecule is C[C@@H](Sc1nnc(-c2ccc(F)cc2)n1C[C@H]1CCCO1)C(N)=O. The summed E-state index contributed by atoms with van der Waals surface area (Å²) in [6, 6.07) is 6.10. The van der Waals surface area contributed by atoms with Crippen molar-refractivity contribution in [2.45, 2.75) is 42.8 Å². The number of thioether (sulfide) groups is 1. The monoisotopic (exact) mass is 350 g/mol. The summed E-state index contributed by atoms with van der Waals surface area (Å²) in [5.74, 6) is -0.0828. The van der Waals surface area contributed by atoms with Crippen LogP contribution < -0.4 is 5.73 Å². The zero-order valence-corrected chi connectivity index (χ0v) is 14.1. The second kappa shape index (κ2) is 7.31. The first-order valence-corrected chi connectivity index (χ1v) is 8.69. The number of nitrogens with zero attached hydrogens (tertiary/aromatic N) is 3. The molecular weight excluding hydrogens is 331 g/mol. The fraction of sp³-hybridized carbons (Fsp3) is 0.438. The van der Waals surface area contributed by atoms with E-state index in [9.17, 15) is 9.18 Å². The van der Waals surface area contributed by atoms with Gasteiger partial charge in [-0.25, -0.2) is 4.39 Å². The average Bonchev–Trinajstić information content (AvgIpc) is 3.19. The van der Waals surface area contributed by atoms with E-state index in [4.69, 9.17) is 10.5 Å². The Labute approximate surface area is 143 Å². The molecule has 24 heavy (non-hydrogen) atoms. The Hall–Kier alpha value is -1.93. The van der Waals surface area contributed by atoms with Crippen LogP contribution in [-0.4, -0.2) is 38.6 Å². The molecule has 2 aromatic rings. The van der Waals surface area contributed by atoms with Gasteiger partial charge in [0.2, 0.25) is 5.91 Å². The molecule has 1 saturated heterocycles. The summed E-state index contributed by atoms with van der Waals surface area (Å²) in [6.07, 6.45) is 2.08. The van der Waals surface area contributed by atoms with Crippen LogP contribution in [0.5, 0.6) is 0 Å². The molecule has 2 atom stereocenters. The number of aromatic nitrogens is 3. The van der Waals surface area contributed by atoms with Gasteiger partial charge in [-0.05, 0) is 44.0 Å². The highest BCUT2D eigenvalue weighted by atomic mass is 32.2. The molecule has 0 aliphatic carbocycles. The largest absolute Gasteiger partial charge is 0.376 e. The number of halogens is 1. The Morgan fingerprint density at radius 1 is 1.46 bits per heavy atom. The number of hydrogen-bond donors (Lipinski definition) is 1. The summed E-state index contributed by atoms with van der Waals surface area (Å²) >= 11 is 1.27. The highest BCUT2D eigenvalue weighted by Gasteiger charge is 2.23. The molecule has 2 heterocycles. The molecule has 6 nitrogen and oxygen atoms in total. The van der Waals surface area contributed by atoms with Crippen LogP contribution in [0.2, 0.25) is 0 Å². The summed E-state index contributed by atoms with van der Waals surface area (Å²) in [5.41, 5.74) is 6.11. The Balaban J connectivity index is 1.93. The number of ether oxygens (including phenoxy) is 1. The van der Waals surface area contributed by atoms with Gasteiger partial charge in [0.15, 0.2) is 11.0 Å². The first-order valence-electron chi connectivity index (χ1n) is 7.81. The number of amides is 1. The van der Waals surface area contributed by atoms with Crippen molar-refractivity contribution < 1.29 is 13.9 Å². The van der Waals surface area contributed by atoms with E-state index in [-0.39, 0.29) is 11.9 Å². The van der Waals surface area contributed by atoms with Crippen LogP contribution in [0.4, 0.5) is 4.39 Å². The molecule has 1 aliphatic heterocycles. The van der Waals surface area contributed by atoms with Crippen LogP contribution >= 0.6 is 11.8 Å². The molecule has 0 unspecified atom stereocenters. The van der Waals surface area contributed by atoms with Gasteiger partial charge >= 0.3 is 0 Å². The lowest BCUT2D eigenvalue weighted by atomic mass is 10.2. The molecule has 1 aromatic carbocycles. The summed E-state index contributed by atoms with van der Waals surface area (Å²) in [7, 11) is 0. The average molecular weight is 350 g/mol. The topological polar surface area (TPSA) is 83.0 Å². The predicted octanol–water partition coefficient (Wildman–Crippen LogP) is 2.23. The molecule has 2 N–H and O–H groups in total. The van der Waals surface area contributed by atoms with Gasteiger partial charge in [0.25, 0.3) is 0 Å². The molecule has 1 fully saturated rings. The minimum Gasteiger partial charge on any atom is -0.376 e. The number of benzene rings is 1. The molecule has 3 rings (SSSR count). The third kappa shape index (κ3) is 3.76. The second-order valence-electron chi connectivity index (χ2n) is 5.72. The number of nitrogens with two attached hydrogens (primary N) is 1. The predicted molar refractivity (Wildman–Crippen MR) is 88.9 cm³/mol. The molecule has 0 saturated carbocycles. The van der Waals surface area contributed by atoms with E-state index in [1.54, 1.807) is 19.1 Å². The molecule has 0 radical (unpaired) electrons. The van der Waals surface area contributed by atoms with E-state index in [1.807, 2.05) is 4.57 Å². The number of carbonyl (C=O) groups excluding carboxylic acids is 1. The third-order valence-corrected chi connectivity index (χ3v) is 5.01. The lowest BCUT2D eigenvalue weighted by Gasteiger charge is -2.15. The molecule has 0 bridgehead atoms. The Morgan fingerprint density at radius 2 is 2.21 bits per heavy atom. The maximum Gasteiger partial charge on any atom is 0.230 e. The van der Waals surface area contributed by atoms with Gasteiger partial charge in [0, 0.05) is 12.2 Å². The van der Waals surface area contributed by atoms with E-state index in [0.29, 0.717) is 17.5 Å². The van der Waals surface area contributed by atoms with E-state index < -0.39 is 11.2 Å². The van der Waals surface area contributed by atoms with E-state index >= 15 is 0 Å². The van der Waals surface area contributed by atoms with Gasteiger partial charge in [-0.3, -0.25) is 9.36 Å². The van der Waals surface area contributed by atoms with Crippen LogP contribution in [-0.2, 0) is 16.1 Å². The van der Waals surface area contributed by atoms with Crippen molar-refractivity contribution in [1.29, 1.82) is 0 Å². The minimum atomic E-state index is -0.418. The van der Waals surface area contributed by atoms with Gasteiger partial charge in [-0.15, -0.1) is 10.2 Å². The summed E-state index contributed by atoms with van der Waals surface area (Å²) in [6.45, 7) is 3.07. The van der Waals surface area contributed by atoms with Crippen LogP contribution in [0, 0.1) is 5.82 Å². The number of rotatable bonds is 6. The highest BCUT2D eigenvalue weighted by Crippen LogP contribution is 2.28. The Bertz CT molecular complexity index is 713. The zero-order chi connectivity index (χ0) is 17.1. The van der Waals surface area contributed by atoms with E-state index in [1.165, 1.54) is 23.9 Å². The first kappa shape index (κ1) is 16.9. The molecule has 1 aliphatic rings. The maximum atomic E-state index is 13.2. The van der Waals surface area contributed by atoms with Gasteiger partial charge in [-0.1, -0.05) is 11.8 Å². The summed E-state index contributed by atoms with van der Waals surface area (Å²) in [4.78, 5) is 11.4. The van der Waals surface area contributed by atoms with Crippen LogP contribution in [0.3, 0.4) is 0 Å². The lowest BCUT2D eigenvalue weighted by Crippen LogP contribution is -2.23. The molecule has 0 spiro atoms. The Morgan fingerprint density at radius 3 is 2.83 bits per heavy atom. The highest BCUT2D eigenvalue weighted by molar-refractivity contribution is 8.00. The van der Waals surface area contributed by atoms with Crippen molar-refractivity contribution in [3.05, 3.63) is 30.1 Å². The second-order valence-corrected chi connectivity index (χ2v) is 7.03. The number of hydrogen-bond acceptors (Lipinski definition) is 5. The van der Waals surface area contributed by atoms with Crippen LogP contribution in [0.1, 0.15) is 19.8 Å². The number of primary amides is 1. The standard InChI is InChI=1S/C16H19FN4O2S/c1-10(14(18)22)24-16-20-19-15(11-4-6-12(17)7-5-11)21(16)9-13-3-2-8-23-13/h4-7,10,13H,2-3,8-9H2,1H3,(H2,18,22)/t10-,13-/m1/s1. The molecule has 8 heteroatoms. The van der Waals surface area contributed by atoms with Gasteiger partial charge < -0.3 is 10.5 Å². The van der Waals surface area contributed by atoms with Crippen molar-refractivity contribution >= 4 is 17.7 Å². The van der Waals surface area contributed by atoms with E-state index in [2.05, 4.69) is 10.2 Å². The van der Waals surface area contributed by atoms with Gasteiger partial charge in [0.1, 0.15) is 5.82 Å². The van der Waals surface area contributed by atoms with Crippen LogP contribution in [0.25, 0.3) is 11.4 Å². The maximum absolute atomic E-state index is 13.2. The van der Waals surface area contributed by atoms with Crippen molar-refractivity contribution in [2.24, 2.45) is 5.73 Å². The van der Waals surface area contributed by atoms with Crippen LogP contribution in [0.15, 0.2) is 29.4 Å². The minimum absolute atomic E-state index is 0.0865. The number of carbonyl (C=O) groups is 1. The van der Waals surface area contributed by atoms with Crippen molar-refractivity contribution in [3.63, 3.8) is 0 Å². The summed E-state index contributed by atoms with van der Waals surface area (Å²) in [5, 5.41) is 8.62. The molecule has 1 aromatic heterocycles. The third-order valence-electron chi connectivity index (χ3n) is 3.91. The fourth-order valence-corrected chi connectivity index (χ4v) is 3.37. The quantitative estimate of drug-likeness (QED) is 0.808.